The van der Waals surface area contributed by atoms with Gasteiger partial charge in [0.2, 0.25) is 0 Å². The largest absolute Gasteiger partial charge is 0.472 e. The first-order chi connectivity index (χ1) is 53.7. The number of unbranched alkanes of at least 4 members (excludes halogenated alkanes) is 18. The molecule has 0 saturated heterocycles. The Morgan fingerprint density at radius 2 is 0.491 bits per heavy atom. The molecule has 17 nitrogen and oxygen atoms in total. The summed E-state index contributed by atoms with van der Waals surface area (Å²) >= 11 is 0. The smallest absolute Gasteiger partial charge is 0.462 e. The summed E-state index contributed by atoms with van der Waals surface area (Å²) in [6, 6.07) is 0. The molecule has 0 aliphatic heterocycles. The molecule has 0 aromatic carbocycles. The van der Waals surface area contributed by atoms with E-state index in [1.807, 2.05) is 36.5 Å². The number of hydrogen-bond donors (Lipinski definition) is 3. The number of ether oxygens (including phenoxy) is 4. The van der Waals surface area contributed by atoms with Gasteiger partial charge in [-0.3, -0.25) is 37.3 Å². The van der Waals surface area contributed by atoms with Crippen molar-refractivity contribution in [3.8, 4) is 0 Å². The molecule has 3 N–H and O–H groups in total. The summed E-state index contributed by atoms with van der Waals surface area (Å²) in [5, 5.41) is 10.7. The molecule has 0 radical (unpaired) electrons. The SMILES string of the molecule is CC/C=C\C/C=C\C/C=C\C/C=C\C/C=C\C/C=C\CCC(=O)O[C@H](COC(=O)CCCCCCCCCCCCCCC)COP(=O)(O)OC[C@H](O)COP(=O)(O)OC[C@@H](COC(=O)CC/C=C\C/C=C\C/C=C\C/C=C\C/C=C\CCCCC)OC(=O)CCCCC/C=C\C/C=C\C/C=C\C/C=C\C/C=C\CC. The van der Waals surface area contributed by atoms with Gasteiger partial charge in [-0.2, -0.15) is 0 Å². The number of phosphoric acid groups is 2. The minimum Gasteiger partial charge on any atom is -0.462 e. The molecule has 0 aliphatic rings. The van der Waals surface area contributed by atoms with E-state index in [0.717, 1.165) is 135 Å². The first kappa shape index (κ1) is 104. The lowest BCUT2D eigenvalue weighted by Gasteiger charge is -2.21. The van der Waals surface area contributed by atoms with Crippen LogP contribution < -0.4 is 0 Å². The summed E-state index contributed by atoms with van der Waals surface area (Å²) in [6.07, 6.45) is 100. The van der Waals surface area contributed by atoms with Crippen LogP contribution in [0.1, 0.15) is 297 Å². The molecule has 0 bridgehead atoms. The summed E-state index contributed by atoms with van der Waals surface area (Å²) in [6.45, 7) is 4.40. The third kappa shape index (κ3) is 80.0. The van der Waals surface area contributed by atoms with Crippen LogP contribution in [0.2, 0.25) is 0 Å². The zero-order valence-electron chi connectivity index (χ0n) is 68.1. The van der Waals surface area contributed by atoms with Crippen molar-refractivity contribution >= 4 is 39.5 Å². The van der Waals surface area contributed by atoms with Gasteiger partial charge in [-0.1, -0.05) is 318 Å². The van der Waals surface area contributed by atoms with Gasteiger partial charge in [0.1, 0.15) is 19.3 Å². The van der Waals surface area contributed by atoms with Crippen LogP contribution in [0.3, 0.4) is 0 Å². The zero-order chi connectivity index (χ0) is 80.3. The lowest BCUT2D eigenvalue weighted by molar-refractivity contribution is -0.161. The van der Waals surface area contributed by atoms with Crippen molar-refractivity contribution in [1.82, 2.24) is 0 Å². The van der Waals surface area contributed by atoms with Crippen LogP contribution >= 0.6 is 15.6 Å². The maximum atomic E-state index is 13.1. The Bertz CT molecular complexity index is 2850. The third-order valence-corrected chi connectivity index (χ3v) is 18.5. The standard InChI is InChI=1S/C91H146O17P2/c1-5-9-13-17-21-25-29-33-36-39-42-45-48-52-56-60-64-68-72-76-89(94)102-82-87(108-91(96)78-74-70-66-62-58-54-50-47-44-41-38-35-31-27-23-19-15-11-7-3)84-106-110(99,100)104-80-85(92)79-103-109(97,98)105-83-86(81-101-88(93)75-71-67-63-59-55-51-32-28-24-20-16-12-8-4)107-90(95)77-73-69-65-61-57-53-49-46-43-40-37-34-30-26-22-18-14-10-6-2/h10-11,14-15,21-23,25-27,33-38,42-47,52-54,56-58,64-65,68-69,85-87,92H,5-9,12-13,16-20,24,28-32,39-41,48-51,55,59-63,66-67,70-84H2,1-4H3,(H,97,98)(H,99,100)/b14-10-,15-11-,25-21-,26-22-,27-23-,36-33-,37-34-,38-35-,45-42-,46-43-,47-44-,56-52-,57-53-,58-54-,68-64-,69-65-/t85-,86+,87+/m0/s1. The molecule has 0 saturated carbocycles. The number of phosphoric ester groups is 2. The van der Waals surface area contributed by atoms with Gasteiger partial charge >= 0.3 is 39.5 Å². The fourth-order valence-electron chi connectivity index (χ4n) is 10.3. The highest BCUT2D eigenvalue weighted by molar-refractivity contribution is 7.47. The number of aliphatic hydroxyl groups is 1. The highest BCUT2D eigenvalue weighted by atomic mass is 31.2. The van der Waals surface area contributed by atoms with Crippen molar-refractivity contribution in [2.45, 2.75) is 316 Å². The van der Waals surface area contributed by atoms with Crippen molar-refractivity contribution in [1.29, 1.82) is 0 Å². The summed E-state index contributed by atoms with van der Waals surface area (Å²) in [7, 11) is -10.0. The van der Waals surface area contributed by atoms with E-state index in [-0.39, 0.29) is 25.7 Å². The molecule has 0 aromatic rings. The number of hydrogen-bond acceptors (Lipinski definition) is 15. The fourth-order valence-corrected chi connectivity index (χ4v) is 11.9. The lowest BCUT2D eigenvalue weighted by Crippen LogP contribution is -2.30. The lowest BCUT2D eigenvalue weighted by atomic mass is 10.0. The van der Waals surface area contributed by atoms with Crippen molar-refractivity contribution in [3.63, 3.8) is 0 Å². The van der Waals surface area contributed by atoms with Crippen LogP contribution in [-0.2, 0) is 65.4 Å². The van der Waals surface area contributed by atoms with E-state index in [2.05, 4.69) is 186 Å². The zero-order valence-corrected chi connectivity index (χ0v) is 69.9. The Balaban J connectivity index is 5.56. The van der Waals surface area contributed by atoms with Crippen molar-refractivity contribution in [2.75, 3.05) is 39.6 Å². The van der Waals surface area contributed by atoms with Crippen LogP contribution in [0.15, 0.2) is 194 Å². The van der Waals surface area contributed by atoms with Crippen LogP contribution in [0, 0.1) is 0 Å². The predicted octanol–water partition coefficient (Wildman–Crippen LogP) is 24.9. The van der Waals surface area contributed by atoms with Crippen LogP contribution in [0.5, 0.6) is 0 Å². The van der Waals surface area contributed by atoms with E-state index in [9.17, 15) is 43.2 Å². The van der Waals surface area contributed by atoms with E-state index in [1.54, 1.807) is 0 Å². The Labute approximate surface area is 666 Å². The molecular formula is C91H146O17P2. The third-order valence-electron chi connectivity index (χ3n) is 16.6. The van der Waals surface area contributed by atoms with Gasteiger partial charge in [-0.05, 0) is 148 Å². The molecule has 5 atom stereocenters. The van der Waals surface area contributed by atoms with Crippen molar-refractivity contribution in [3.05, 3.63) is 194 Å². The predicted molar refractivity (Wildman–Crippen MR) is 454 cm³/mol. The molecule has 622 valence electrons. The summed E-state index contributed by atoms with van der Waals surface area (Å²) < 4.78 is 68.5. The van der Waals surface area contributed by atoms with Gasteiger partial charge in [-0.15, -0.1) is 0 Å². The topological polar surface area (TPSA) is 237 Å². The van der Waals surface area contributed by atoms with Crippen LogP contribution in [0.4, 0.5) is 0 Å². The number of allylic oxidation sites excluding steroid dienone is 32. The van der Waals surface area contributed by atoms with E-state index in [1.165, 1.54) is 70.6 Å². The van der Waals surface area contributed by atoms with Gasteiger partial charge in [-0.25, -0.2) is 9.13 Å². The summed E-state index contributed by atoms with van der Waals surface area (Å²) in [4.78, 5) is 73.1. The monoisotopic (exact) mass is 1570 g/mol. The Hall–Kier alpha value is -6.10. The molecule has 0 aliphatic carbocycles. The van der Waals surface area contributed by atoms with E-state index in [0.29, 0.717) is 38.5 Å². The minimum atomic E-state index is -5.02. The maximum Gasteiger partial charge on any atom is 0.472 e. The average Bonchev–Trinajstić information content (AvgIpc) is 0.908. The van der Waals surface area contributed by atoms with E-state index in [4.69, 9.17) is 37.0 Å². The van der Waals surface area contributed by atoms with Gasteiger partial charge in [0.25, 0.3) is 0 Å². The normalized spacial score (nSPS) is 14.8. The number of esters is 4. The number of carbonyl (C=O) groups is 4. The maximum absolute atomic E-state index is 13.1. The van der Waals surface area contributed by atoms with Crippen LogP contribution in [0.25, 0.3) is 0 Å². The second-order valence-corrected chi connectivity index (χ2v) is 29.9. The van der Waals surface area contributed by atoms with E-state index < -0.39 is 97.5 Å². The molecule has 0 rings (SSSR count). The minimum absolute atomic E-state index is 0.0211. The molecule has 19 heteroatoms. The van der Waals surface area contributed by atoms with Gasteiger partial charge < -0.3 is 33.8 Å². The number of aliphatic hydroxyl groups excluding tert-OH is 1. The van der Waals surface area contributed by atoms with Gasteiger partial charge in [0, 0.05) is 25.7 Å². The second kappa shape index (κ2) is 80.9. The summed E-state index contributed by atoms with van der Waals surface area (Å²) in [5.41, 5.74) is 0. The Kier molecular flexibility index (Phi) is 76.4. The number of carbonyl (C=O) groups excluding carboxylic acids is 4. The molecule has 0 heterocycles. The first-order valence-electron chi connectivity index (χ1n) is 41.7. The molecular weight excluding hydrogens is 1430 g/mol. The molecule has 2 unspecified atom stereocenters. The molecule has 0 fully saturated rings. The molecule has 0 amide bonds. The Morgan fingerprint density at radius 1 is 0.264 bits per heavy atom. The average molecular weight is 1570 g/mol. The van der Waals surface area contributed by atoms with E-state index >= 15 is 0 Å². The first-order valence-corrected chi connectivity index (χ1v) is 44.7. The van der Waals surface area contributed by atoms with Crippen LogP contribution in [-0.4, -0.2) is 96.7 Å². The fraction of sp³-hybridized carbons (Fsp3) is 0.604. The highest BCUT2D eigenvalue weighted by Gasteiger charge is 2.30. The Morgan fingerprint density at radius 3 is 0.818 bits per heavy atom. The van der Waals surface area contributed by atoms with Crippen molar-refractivity contribution in [2.24, 2.45) is 0 Å². The molecule has 0 spiro atoms. The van der Waals surface area contributed by atoms with Crippen molar-refractivity contribution < 1.29 is 80.2 Å². The second-order valence-electron chi connectivity index (χ2n) is 27.0. The number of rotatable bonds is 76. The molecule has 110 heavy (non-hydrogen) atoms. The van der Waals surface area contributed by atoms with Gasteiger partial charge in [0.05, 0.1) is 26.4 Å². The molecule has 0 aromatic heterocycles. The highest BCUT2D eigenvalue weighted by Crippen LogP contribution is 2.45. The summed E-state index contributed by atoms with van der Waals surface area (Å²) in [5.74, 6) is -2.42. The quantitative estimate of drug-likeness (QED) is 0.0169. The van der Waals surface area contributed by atoms with Gasteiger partial charge in [0.15, 0.2) is 12.2 Å².